The van der Waals surface area contributed by atoms with E-state index in [9.17, 15) is 13.2 Å². The van der Waals surface area contributed by atoms with Crippen LogP contribution in [0.2, 0.25) is 5.02 Å². The summed E-state index contributed by atoms with van der Waals surface area (Å²) < 4.78 is 46.6. The lowest BCUT2D eigenvalue weighted by Gasteiger charge is -2.24. The molecule has 1 N–H and O–H groups in total. The van der Waals surface area contributed by atoms with Crippen molar-refractivity contribution in [1.29, 1.82) is 0 Å². The molecule has 2 rings (SSSR count). The summed E-state index contributed by atoms with van der Waals surface area (Å²) in [4.78, 5) is 12.7. The Morgan fingerprint density at radius 1 is 0.967 bits per heavy atom. The highest BCUT2D eigenvalue weighted by molar-refractivity contribution is 7.92. The smallest absolute Gasteiger partial charge is 0.245 e. The summed E-state index contributed by atoms with van der Waals surface area (Å²) in [5.41, 5.74) is 0.435. The van der Waals surface area contributed by atoms with Crippen LogP contribution in [0.1, 0.15) is 0 Å². The van der Waals surface area contributed by atoms with E-state index in [2.05, 4.69) is 5.32 Å². The number of anilines is 2. The molecule has 0 fully saturated rings. The van der Waals surface area contributed by atoms with Gasteiger partial charge in [0, 0.05) is 18.2 Å². The number of sulfonamides is 1. The summed E-state index contributed by atoms with van der Waals surface area (Å²) in [6.45, 7) is -0.517. The molecule has 1 amide bonds. The largest absolute Gasteiger partial charge is 0.497 e. The summed E-state index contributed by atoms with van der Waals surface area (Å²) in [6.07, 6.45) is 0.991. The van der Waals surface area contributed by atoms with E-state index in [0.717, 1.165) is 10.6 Å². The molecule has 9 nitrogen and oxygen atoms in total. The molecule has 11 heteroatoms. The molecule has 0 saturated carbocycles. The van der Waals surface area contributed by atoms with E-state index in [1.54, 1.807) is 12.1 Å². The molecule has 0 spiro atoms. The lowest BCUT2D eigenvalue weighted by Crippen LogP contribution is -2.37. The first-order valence-electron chi connectivity index (χ1n) is 8.55. The van der Waals surface area contributed by atoms with Gasteiger partial charge in [-0.25, -0.2) is 8.42 Å². The first-order valence-corrected chi connectivity index (χ1v) is 10.8. The number of hydrogen-bond donors (Lipinski definition) is 1. The van der Waals surface area contributed by atoms with Crippen molar-refractivity contribution in [3.63, 3.8) is 0 Å². The molecule has 0 bridgehead atoms. The van der Waals surface area contributed by atoms with E-state index in [-0.39, 0.29) is 17.1 Å². The maximum absolute atomic E-state index is 12.7. The van der Waals surface area contributed by atoms with Crippen LogP contribution < -0.4 is 28.6 Å². The van der Waals surface area contributed by atoms with Gasteiger partial charge in [-0.15, -0.1) is 0 Å². The number of nitrogens with one attached hydrogen (secondary N) is 1. The van der Waals surface area contributed by atoms with Crippen LogP contribution in [0.4, 0.5) is 11.4 Å². The number of halogens is 1. The monoisotopic (exact) mass is 458 g/mol. The fourth-order valence-electron chi connectivity index (χ4n) is 2.65. The molecule has 0 saturated heterocycles. The minimum atomic E-state index is -3.84. The summed E-state index contributed by atoms with van der Waals surface area (Å²) in [5.74, 6) is 0.665. The quantitative estimate of drug-likeness (QED) is 0.616. The van der Waals surface area contributed by atoms with Crippen molar-refractivity contribution in [3.8, 4) is 23.0 Å². The van der Waals surface area contributed by atoms with Crippen LogP contribution in [0.3, 0.4) is 0 Å². The van der Waals surface area contributed by atoms with Gasteiger partial charge in [0.15, 0.2) is 0 Å². The van der Waals surface area contributed by atoms with Crippen molar-refractivity contribution in [2.45, 2.75) is 0 Å². The van der Waals surface area contributed by atoms with Crippen LogP contribution in [0.25, 0.3) is 0 Å². The van der Waals surface area contributed by atoms with Crippen molar-refractivity contribution in [3.05, 3.63) is 35.4 Å². The zero-order chi connectivity index (χ0) is 22.5. The number of methoxy groups -OCH3 is 4. The maximum Gasteiger partial charge on any atom is 0.245 e. The number of nitrogens with zero attached hydrogens (tertiary/aromatic N) is 1. The van der Waals surface area contributed by atoms with Crippen molar-refractivity contribution in [1.82, 2.24) is 0 Å². The van der Waals surface area contributed by atoms with Crippen molar-refractivity contribution in [2.24, 2.45) is 0 Å². The van der Waals surface area contributed by atoms with Crippen LogP contribution in [0.5, 0.6) is 23.0 Å². The minimum absolute atomic E-state index is 0.162. The van der Waals surface area contributed by atoms with E-state index in [1.807, 2.05) is 0 Å². The highest BCUT2D eigenvalue weighted by atomic mass is 35.5. The standard InChI is InChI=1S/C19H23ClN2O7S/c1-26-12-6-7-16(27-2)15(8-12)22(30(5,24)25)11-19(23)21-14-10-17(28-3)13(20)9-18(14)29-4/h6-10H,11H2,1-5H3,(H,21,23). The van der Waals surface area contributed by atoms with E-state index < -0.39 is 22.5 Å². The highest BCUT2D eigenvalue weighted by Gasteiger charge is 2.25. The Morgan fingerprint density at radius 2 is 1.60 bits per heavy atom. The molecule has 164 valence electrons. The second-order valence-electron chi connectivity index (χ2n) is 6.04. The van der Waals surface area contributed by atoms with Crippen molar-refractivity contribution >= 4 is 38.9 Å². The molecule has 30 heavy (non-hydrogen) atoms. The third-order valence-corrected chi connectivity index (χ3v) is 5.51. The molecule has 0 aliphatic carbocycles. The van der Waals surface area contributed by atoms with Gasteiger partial charge in [-0.3, -0.25) is 9.10 Å². The number of amides is 1. The van der Waals surface area contributed by atoms with Crippen LogP contribution in [-0.4, -0.2) is 55.6 Å². The predicted molar refractivity (Wildman–Crippen MR) is 115 cm³/mol. The Balaban J connectivity index is 2.39. The van der Waals surface area contributed by atoms with Crippen LogP contribution in [-0.2, 0) is 14.8 Å². The van der Waals surface area contributed by atoms with Crippen LogP contribution in [0.15, 0.2) is 30.3 Å². The molecule has 0 aliphatic rings. The fourth-order valence-corrected chi connectivity index (χ4v) is 3.73. The molecule has 0 unspecified atom stereocenters. The number of rotatable bonds is 9. The second-order valence-corrected chi connectivity index (χ2v) is 8.36. The number of ether oxygens (including phenoxy) is 4. The number of carbonyl (C=O) groups excluding carboxylic acids is 1. The summed E-state index contributed by atoms with van der Waals surface area (Å²) in [7, 11) is 1.85. The van der Waals surface area contributed by atoms with Gasteiger partial charge in [0.05, 0.1) is 51.1 Å². The minimum Gasteiger partial charge on any atom is -0.497 e. The van der Waals surface area contributed by atoms with Gasteiger partial charge in [-0.1, -0.05) is 11.6 Å². The molecule has 0 atom stereocenters. The Labute approximate surface area is 180 Å². The Morgan fingerprint density at radius 3 is 2.13 bits per heavy atom. The number of benzene rings is 2. The van der Waals surface area contributed by atoms with Gasteiger partial charge in [-0.2, -0.15) is 0 Å². The van der Waals surface area contributed by atoms with Crippen molar-refractivity contribution in [2.75, 3.05) is 50.9 Å². The zero-order valence-corrected chi connectivity index (χ0v) is 18.8. The SMILES string of the molecule is COc1ccc(OC)c(N(CC(=O)Nc2cc(OC)c(Cl)cc2OC)S(C)(=O)=O)c1. The van der Waals surface area contributed by atoms with E-state index in [1.165, 1.54) is 46.6 Å². The average molecular weight is 459 g/mol. The van der Waals surface area contributed by atoms with E-state index in [4.69, 9.17) is 30.5 Å². The van der Waals surface area contributed by atoms with Crippen LogP contribution >= 0.6 is 11.6 Å². The van der Waals surface area contributed by atoms with Gasteiger partial charge in [0.1, 0.15) is 29.5 Å². The predicted octanol–water partition coefficient (Wildman–Crippen LogP) is 2.78. The van der Waals surface area contributed by atoms with Gasteiger partial charge >= 0.3 is 0 Å². The first-order chi connectivity index (χ1) is 14.1. The van der Waals surface area contributed by atoms with E-state index in [0.29, 0.717) is 22.3 Å². The first kappa shape index (κ1) is 23.4. The average Bonchev–Trinajstić information content (AvgIpc) is 2.71. The molecular weight excluding hydrogens is 436 g/mol. The fraction of sp³-hybridized carbons (Fsp3) is 0.316. The summed E-state index contributed by atoms with van der Waals surface area (Å²) in [5, 5.41) is 2.92. The summed E-state index contributed by atoms with van der Waals surface area (Å²) in [6, 6.07) is 7.61. The Hall–Kier alpha value is -2.85. The van der Waals surface area contributed by atoms with Gasteiger partial charge in [-0.05, 0) is 12.1 Å². The van der Waals surface area contributed by atoms with Crippen LogP contribution in [0, 0.1) is 0 Å². The molecular formula is C19H23ClN2O7S. The highest BCUT2D eigenvalue weighted by Crippen LogP contribution is 2.36. The zero-order valence-electron chi connectivity index (χ0n) is 17.2. The Bertz CT molecular complexity index is 1030. The molecule has 2 aromatic carbocycles. The van der Waals surface area contributed by atoms with Gasteiger partial charge in [0.25, 0.3) is 0 Å². The topological polar surface area (TPSA) is 103 Å². The van der Waals surface area contributed by atoms with E-state index >= 15 is 0 Å². The van der Waals surface area contributed by atoms with Gasteiger partial charge in [0.2, 0.25) is 15.9 Å². The molecule has 0 aromatic heterocycles. The normalized spacial score (nSPS) is 10.9. The number of carbonyl (C=O) groups is 1. The lowest BCUT2D eigenvalue weighted by molar-refractivity contribution is -0.114. The Kier molecular flexibility index (Phi) is 7.63. The number of hydrogen-bond acceptors (Lipinski definition) is 7. The molecule has 0 radical (unpaired) electrons. The maximum atomic E-state index is 12.7. The molecule has 0 heterocycles. The van der Waals surface area contributed by atoms with Gasteiger partial charge < -0.3 is 24.3 Å². The van der Waals surface area contributed by atoms with Crippen molar-refractivity contribution < 1.29 is 32.2 Å². The third-order valence-electron chi connectivity index (χ3n) is 4.09. The third kappa shape index (κ3) is 5.39. The second kappa shape index (κ2) is 9.77. The summed E-state index contributed by atoms with van der Waals surface area (Å²) >= 11 is 6.07. The molecule has 0 aliphatic heterocycles. The molecule has 2 aromatic rings. The lowest BCUT2D eigenvalue weighted by atomic mass is 10.2.